The third-order valence-corrected chi connectivity index (χ3v) is 3.05. The quantitative estimate of drug-likeness (QED) is 0.682. The molecule has 1 rings (SSSR count). The van der Waals surface area contributed by atoms with E-state index in [2.05, 4.69) is 37.9 Å². The fourth-order valence-corrected chi connectivity index (χ4v) is 2.74. The van der Waals surface area contributed by atoms with Crippen LogP contribution in [0.5, 0.6) is 0 Å². The first-order valence-corrected chi connectivity index (χ1v) is 7.64. The van der Waals surface area contributed by atoms with Crippen molar-refractivity contribution in [2.75, 3.05) is 0 Å². The summed E-state index contributed by atoms with van der Waals surface area (Å²) in [5.74, 6) is 0. The maximum Gasteiger partial charge on any atom is 0.0486 e. The van der Waals surface area contributed by atoms with E-state index < -0.39 is 8.07 Å². The molecule has 0 radical (unpaired) electrons. The predicted molar refractivity (Wildman–Crippen MR) is 50.0 cm³/mol. The van der Waals surface area contributed by atoms with E-state index in [-0.39, 0.29) is 25.8 Å². The second-order valence-corrected chi connectivity index (χ2v) is 9.63. The summed E-state index contributed by atoms with van der Waals surface area (Å²) in [5.41, 5.74) is 1.57. The van der Waals surface area contributed by atoms with E-state index in [9.17, 15) is 0 Å². The van der Waals surface area contributed by atoms with Gasteiger partial charge in [0, 0.05) is 33.9 Å². The van der Waals surface area contributed by atoms with E-state index in [1.807, 2.05) is 0 Å². The smallest absolute Gasteiger partial charge is 0.0486 e. The maximum atomic E-state index is 2.42. The molecule has 0 unspecified atom stereocenters. The molecule has 0 atom stereocenters. The largest absolute Gasteiger partial charge is 0.0805 e. The van der Waals surface area contributed by atoms with Crippen LogP contribution in [0.3, 0.4) is 0 Å². The normalized spacial score (nSPS) is 16.1. The second-order valence-electron chi connectivity index (χ2n) is 4.15. The Bertz CT molecular complexity index is 174. The van der Waals surface area contributed by atoms with Gasteiger partial charge in [-0.15, -0.1) is 0 Å². The molecule has 0 heterocycles. The first kappa shape index (κ1) is 11.6. The van der Waals surface area contributed by atoms with Crippen LogP contribution in [0.25, 0.3) is 0 Å². The molecule has 0 saturated carbocycles. The Labute approximate surface area is 89.6 Å². The van der Waals surface area contributed by atoms with Gasteiger partial charge in [-0.3, -0.25) is 0 Å². The van der Waals surface area contributed by atoms with Crippen LogP contribution in [0, 0.1) is 0 Å². The van der Waals surface area contributed by atoms with Crippen molar-refractivity contribution in [2.45, 2.75) is 32.1 Å². The van der Waals surface area contributed by atoms with E-state index in [4.69, 9.17) is 0 Å². The van der Waals surface area contributed by atoms with Gasteiger partial charge in [0.15, 0.2) is 0 Å². The molecule has 0 nitrogen and oxygen atoms in total. The first-order chi connectivity index (χ1) is 4.58. The Balaban J connectivity index is 0.000001000. The number of rotatable bonds is 2. The summed E-state index contributed by atoms with van der Waals surface area (Å²) in [6.45, 7) is 7.25. The van der Waals surface area contributed by atoms with Crippen molar-refractivity contribution in [3.63, 3.8) is 0 Å². The molecule has 11 heavy (non-hydrogen) atoms. The number of allylic oxidation sites excluding steroid dienone is 4. The van der Waals surface area contributed by atoms with Crippen molar-refractivity contribution in [1.29, 1.82) is 0 Å². The monoisotopic (exact) mass is 332 g/mol. The van der Waals surface area contributed by atoms with Gasteiger partial charge in [0.05, 0.1) is 0 Å². The second kappa shape index (κ2) is 4.56. The minimum atomic E-state index is -0.842. The van der Waals surface area contributed by atoms with Crippen LogP contribution in [0.15, 0.2) is 23.8 Å². The van der Waals surface area contributed by atoms with Crippen molar-refractivity contribution >= 4 is 8.07 Å². The molecule has 2 heteroatoms. The minimum absolute atomic E-state index is 0. The summed E-state index contributed by atoms with van der Waals surface area (Å²) in [7, 11) is -0.842. The molecule has 1 aliphatic rings. The summed E-state index contributed by atoms with van der Waals surface area (Å²) in [5, 5.41) is 0. The van der Waals surface area contributed by atoms with E-state index in [1.165, 1.54) is 12.5 Å². The van der Waals surface area contributed by atoms with E-state index in [0.29, 0.717) is 0 Å². The van der Waals surface area contributed by atoms with Crippen molar-refractivity contribution in [3.05, 3.63) is 23.8 Å². The van der Waals surface area contributed by atoms with Crippen LogP contribution in [0.2, 0.25) is 25.7 Å². The van der Waals surface area contributed by atoms with Crippen molar-refractivity contribution < 1.29 is 25.8 Å². The zero-order valence-corrected chi connectivity index (χ0v) is 12.2. The maximum absolute atomic E-state index is 2.42. The summed E-state index contributed by atoms with van der Waals surface area (Å²) in [6.07, 6.45) is 8.03. The van der Waals surface area contributed by atoms with Gasteiger partial charge in [0.1, 0.15) is 0 Å². The summed E-state index contributed by atoms with van der Waals surface area (Å²) in [4.78, 5) is 0. The van der Waals surface area contributed by atoms with Gasteiger partial charge in [-0.1, -0.05) is 43.4 Å². The van der Waals surface area contributed by atoms with Crippen LogP contribution in [0.1, 0.15) is 6.42 Å². The van der Waals surface area contributed by atoms with Gasteiger partial charge in [-0.25, -0.2) is 0 Å². The molecule has 0 aromatic carbocycles. The van der Waals surface area contributed by atoms with Crippen LogP contribution < -0.4 is 0 Å². The van der Waals surface area contributed by atoms with Gasteiger partial charge >= 0.3 is 0 Å². The fourth-order valence-electron chi connectivity index (χ4n) is 1.25. The van der Waals surface area contributed by atoms with Gasteiger partial charge in [-0.2, -0.15) is 0 Å². The summed E-state index contributed by atoms with van der Waals surface area (Å²) < 4.78 is 0. The molecule has 0 fully saturated rings. The van der Waals surface area contributed by atoms with Gasteiger partial charge in [0.2, 0.25) is 0 Å². The standard InChI is InChI=1S/C9H16Si.Hf/c1-10(2,3)8-9-6-4-5-7-9;/h4,6-7H,5,8H2,1-3H3;. The van der Waals surface area contributed by atoms with Crippen LogP contribution in [0.4, 0.5) is 0 Å². The Morgan fingerprint density at radius 3 is 2.36 bits per heavy atom. The number of hydrogen-bond donors (Lipinski definition) is 0. The average molecular weight is 331 g/mol. The van der Waals surface area contributed by atoms with E-state index in [1.54, 1.807) is 5.57 Å². The van der Waals surface area contributed by atoms with Crippen LogP contribution in [-0.2, 0) is 25.8 Å². The van der Waals surface area contributed by atoms with Crippen molar-refractivity contribution in [1.82, 2.24) is 0 Å². The van der Waals surface area contributed by atoms with Gasteiger partial charge in [0.25, 0.3) is 0 Å². The Morgan fingerprint density at radius 2 is 2.00 bits per heavy atom. The Kier molecular flexibility index (Phi) is 4.79. The molecule has 60 valence electrons. The van der Waals surface area contributed by atoms with Crippen molar-refractivity contribution in [3.8, 4) is 0 Å². The van der Waals surface area contributed by atoms with E-state index in [0.717, 1.165) is 0 Å². The van der Waals surface area contributed by atoms with Gasteiger partial charge < -0.3 is 0 Å². The molecule has 0 bridgehead atoms. The molecule has 0 saturated heterocycles. The molecule has 0 aromatic rings. The Hall–Kier alpha value is 0.567. The average Bonchev–Trinajstić information content (AvgIpc) is 2.12. The zero-order chi connectivity index (χ0) is 7.61. The minimum Gasteiger partial charge on any atom is -0.0805 e. The fraction of sp³-hybridized carbons (Fsp3) is 0.556. The van der Waals surface area contributed by atoms with Crippen LogP contribution >= 0.6 is 0 Å². The SMILES string of the molecule is C[Si](C)(C)CC1=CCC=C1.[Hf]. The summed E-state index contributed by atoms with van der Waals surface area (Å²) in [6, 6.07) is 1.35. The number of hydrogen-bond acceptors (Lipinski definition) is 0. The zero-order valence-electron chi connectivity index (χ0n) is 7.65. The molecular formula is C9H16HfSi. The van der Waals surface area contributed by atoms with E-state index >= 15 is 0 Å². The Morgan fingerprint density at radius 1 is 1.36 bits per heavy atom. The molecule has 0 amide bonds. The van der Waals surface area contributed by atoms with Gasteiger partial charge in [-0.05, 0) is 12.5 Å². The molecular weight excluding hydrogens is 315 g/mol. The molecule has 0 aliphatic heterocycles. The molecule has 0 spiro atoms. The van der Waals surface area contributed by atoms with Crippen LogP contribution in [-0.4, -0.2) is 8.07 Å². The van der Waals surface area contributed by atoms with Crippen molar-refractivity contribution in [2.24, 2.45) is 0 Å². The summed E-state index contributed by atoms with van der Waals surface area (Å²) >= 11 is 0. The first-order valence-electron chi connectivity index (χ1n) is 3.93. The third-order valence-electron chi connectivity index (χ3n) is 1.58. The molecule has 0 aromatic heterocycles. The predicted octanol–water partition coefficient (Wildman–Crippen LogP) is 3.21. The molecule has 0 N–H and O–H groups in total. The third kappa shape index (κ3) is 4.91. The molecule has 1 aliphatic carbocycles. The topological polar surface area (TPSA) is 0 Å².